The lowest BCUT2D eigenvalue weighted by atomic mass is 9.95. The molecule has 0 radical (unpaired) electrons. The molecule has 2 heterocycles. The van der Waals surface area contributed by atoms with Crippen molar-refractivity contribution in [2.75, 3.05) is 13.6 Å². The Kier molecular flexibility index (Phi) is 5.72. The Balaban J connectivity index is 1.77. The molecule has 1 atom stereocenters. The summed E-state index contributed by atoms with van der Waals surface area (Å²) in [5, 5.41) is 9.94. The summed E-state index contributed by atoms with van der Waals surface area (Å²) in [7, 11) is 1.60. The molecule has 8 heteroatoms. The van der Waals surface area contributed by atoms with E-state index >= 15 is 0 Å². The van der Waals surface area contributed by atoms with Crippen LogP contribution in [0.1, 0.15) is 52.4 Å². The SMILES string of the molecule is CCCNC(=O)c1cc2n(n1)C[C@@](C)(C(=O)NCc1ccc(C)cc1)N(C)C2=O. The van der Waals surface area contributed by atoms with Gasteiger partial charge in [0.05, 0.1) is 6.54 Å². The van der Waals surface area contributed by atoms with Crippen LogP contribution in [0, 0.1) is 6.92 Å². The van der Waals surface area contributed by atoms with Gasteiger partial charge in [-0.2, -0.15) is 5.10 Å². The minimum absolute atomic E-state index is 0.172. The summed E-state index contributed by atoms with van der Waals surface area (Å²) in [6.07, 6.45) is 0.806. The van der Waals surface area contributed by atoms with Crippen molar-refractivity contribution in [2.45, 2.75) is 45.8 Å². The Morgan fingerprint density at radius 3 is 2.55 bits per heavy atom. The first-order valence-corrected chi connectivity index (χ1v) is 9.74. The number of likely N-dealkylation sites (N-methyl/N-ethyl adjacent to an activating group) is 1. The van der Waals surface area contributed by atoms with Crippen LogP contribution in [-0.2, 0) is 17.9 Å². The van der Waals surface area contributed by atoms with Gasteiger partial charge < -0.3 is 15.5 Å². The molecular formula is C21H27N5O3. The van der Waals surface area contributed by atoms with Crippen LogP contribution in [0.5, 0.6) is 0 Å². The molecule has 1 aliphatic heterocycles. The third-order valence-corrected chi connectivity index (χ3v) is 5.33. The highest BCUT2D eigenvalue weighted by Crippen LogP contribution is 2.26. The van der Waals surface area contributed by atoms with Gasteiger partial charge in [-0.05, 0) is 25.8 Å². The lowest BCUT2D eigenvalue weighted by Gasteiger charge is -2.40. The molecule has 154 valence electrons. The summed E-state index contributed by atoms with van der Waals surface area (Å²) in [6, 6.07) is 9.37. The number of aromatic nitrogens is 2. The maximum atomic E-state index is 13.0. The Morgan fingerprint density at radius 2 is 1.90 bits per heavy atom. The van der Waals surface area contributed by atoms with Gasteiger partial charge in [0.1, 0.15) is 11.2 Å². The second-order valence-electron chi connectivity index (χ2n) is 7.63. The first-order chi connectivity index (χ1) is 13.8. The normalized spacial score (nSPS) is 18.3. The molecular weight excluding hydrogens is 370 g/mol. The fourth-order valence-corrected chi connectivity index (χ4v) is 3.25. The minimum atomic E-state index is -1.11. The Bertz CT molecular complexity index is 934. The summed E-state index contributed by atoms with van der Waals surface area (Å²) < 4.78 is 1.45. The molecule has 1 aromatic carbocycles. The van der Waals surface area contributed by atoms with Crippen LogP contribution in [0.25, 0.3) is 0 Å². The predicted molar refractivity (Wildman–Crippen MR) is 108 cm³/mol. The summed E-state index contributed by atoms with van der Waals surface area (Å²) in [5.74, 6) is -0.937. The number of hydrogen-bond donors (Lipinski definition) is 2. The van der Waals surface area contributed by atoms with Crippen LogP contribution >= 0.6 is 0 Å². The van der Waals surface area contributed by atoms with Crippen LogP contribution in [0.15, 0.2) is 30.3 Å². The number of aryl methyl sites for hydroxylation is 1. The van der Waals surface area contributed by atoms with Crippen LogP contribution in [0.4, 0.5) is 0 Å². The molecule has 0 aliphatic carbocycles. The fourth-order valence-electron chi connectivity index (χ4n) is 3.25. The van der Waals surface area contributed by atoms with E-state index in [2.05, 4.69) is 15.7 Å². The molecule has 3 amide bonds. The van der Waals surface area contributed by atoms with Gasteiger partial charge in [-0.3, -0.25) is 19.1 Å². The van der Waals surface area contributed by atoms with E-state index in [1.807, 2.05) is 38.1 Å². The topological polar surface area (TPSA) is 96.3 Å². The van der Waals surface area contributed by atoms with E-state index in [0.717, 1.165) is 17.5 Å². The molecule has 2 aromatic rings. The second kappa shape index (κ2) is 8.06. The van der Waals surface area contributed by atoms with Crippen molar-refractivity contribution < 1.29 is 14.4 Å². The number of nitrogens with one attached hydrogen (secondary N) is 2. The third kappa shape index (κ3) is 4.01. The number of carbonyl (C=O) groups is 3. The molecule has 0 bridgehead atoms. The molecule has 0 spiro atoms. The average Bonchev–Trinajstić information content (AvgIpc) is 3.13. The van der Waals surface area contributed by atoms with Crippen LogP contribution < -0.4 is 10.6 Å². The predicted octanol–water partition coefficient (Wildman–Crippen LogP) is 1.49. The number of rotatable bonds is 6. The van der Waals surface area contributed by atoms with Gasteiger partial charge in [0.25, 0.3) is 11.8 Å². The summed E-state index contributed by atoms with van der Waals surface area (Å²) >= 11 is 0. The summed E-state index contributed by atoms with van der Waals surface area (Å²) in [5.41, 5.74) is 1.50. The van der Waals surface area contributed by atoms with Gasteiger partial charge in [-0.15, -0.1) is 0 Å². The smallest absolute Gasteiger partial charge is 0.272 e. The fraction of sp³-hybridized carbons (Fsp3) is 0.429. The van der Waals surface area contributed by atoms with Crippen molar-refractivity contribution in [3.8, 4) is 0 Å². The maximum absolute atomic E-state index is 13.0. The molecule has 1 aromatic heterocycles. The van der Waals surface area contributed by atoms with E-state index in [4.69, 9.17) is 0 Å². The van der Waals surface area contributed by atoms with E-state index in [1.54, 1.807) is 14.0 Å². The Labute approximate surface area is 170 Å². The average molecular weight is 397 g/mol. The number of benzene rings is 1. The van der Waals surface area contributed by atoms with Gasteiger partial charge in [0.15, 0.2) is 5.69 Å². The van der Waals surface area contributed by atoms with Crippen LogP contribution in [0.3, 0.4) is 0 Å². The zero-order valence-corrected chi connectivity index (χ0v) is 17.3. The van der Waals surface area contributed by atoms with Gasteiger partial charge in [0.2, 0.25) is 5.91 Å². The van der Waals surface area contributed by atoms with E-state index in [9.17, 15) is 14.4 Å². The molecule has 29 heavy (non-hydrogen) atoms. The lowest BCUT2D eigenvalue weighted by molar-refractivity contribution is -0.132. The van der Waals surface area contributed by atoms with Crippen molar-refractivity contribution in [3.05, 3.63) is 52.8 Å². The van der Waals surface area contributed by atoms with Gasteiger partial charge in [0, 0.05) is 26.2 Å². The first kappa shape index (κ1) is 20.6. The standard InChI is InChI=1S/C21H27N5O3/c1-5-10-22-18(27)16-11-17-19(28)25(4)21(3,13-26(17)24-16)20(29)23-12-15-8-6-14(2)7-9-15/h6-9,11H,5,10,12-13H2,1-4H3,(H,22,27)(H,23,29)/t21-/m0/s1. The molecule has 3 rings (SSSR count). The summed E-state index contributed by atoms with van der Waals surface area (Å²) in [6.45, 7) is 6.74. The minimum Gasteiger partial charge on any atom is -0.351 e. The van der Waals surface area contributed by atoms with Crippen molar-refractivity contribution >= 4 is 17.7 Å². The molecule has 0 unspecified atom stereocenters. The quantitative estimate of drug-likeness (QED) is 0.772. The molecule has 0 fully saturated rings. The lowest BCUT2D eigenvalue weighted by Crippen LogP contribution is -2.62. The number of fused-ring (bicyclic) bond motifs is 1. The highest BCUT2D eigenvalue weighted by atomic mass is 16.2. The Morgan fingerprint density at radius 1 is 1.21 bits per heavy atom. The third-order valence-electron chi connectivity index (χ3n) is 5.33. The monoisotopic (exact) mass is 397 g/mol. The van der Waals surface area contributed by atoms with Crippen LogP contribution in [-0.4, -0.2) is 51.5 Å². The number of amides is 3. The van der Waals surface area contributed by atoms with Gasteiger partial charge in [-0.25, -0.2) is 0 Å². The number of carbonyl (C=O) groups excluding carboxylic acids is 3. The second-order valence-corrected chi connectivity index (χ2v) is 7.63. The van der Waals surface area contributed by atoms with Crippen molar-refractivity contribution in [2.24, 2.45) is 0 Å². The molecule has 1 aliphatic rings. The highest BCUT2D eigenvalue weighted by Gasteiger charge is 2.46. The van der Waals surface area contributed by atoms with Crippen molar-refractivity contribution in [1.82, 2.24) is 25.3 Å². The zero-order valence-electron chi connectivity index (χ0n) is 17.3. The van der Waals surface area contributed by atoms with E-state index < -0.39 is 5.54 Å². The maximum Gasteiger partial charge on any atom is 0.272 e. The highest BCUT2D eigenvalue weighted by molar-refractivity contribution is 6.01. The molecule has 0 saturated heterocycles. The largest absolute Gasteiger partial charge is 0.351 e. The van der Waals surface area contributed by atoms with Gasteiger partial charge >= 0.3 is 0 Å². The Hall–Kier alpha value is -3.16. The van der Waals surface area contributed by atoms with E-state index in [0.29, 0.717) is 18.8 Å². The first-order valence-electron chi connectivity index (χ1n) is 9.74. The van der Waals surface area contributed by atoms with Crippen molar-refractivity contribution in [3.63, 3.8) is 0 Å². The number of hydrogen-bond acceptors (Lipinski definition) is 4. The molecule has 2 N–H and O–H groups in total. The van der Waals surface area contributed by atoms with E-state index in [-0.39, 0.29) is 30.0 Å². The molecule has 0 saturated carbocycles. The van der Waals surface area contributed by atoms with Crippen LogP contribution in [0.2, 0.25) is 0 Å². The number of nitrogens with zero attached hydrogens (tertiary/aromatic N) is 3. The van der Waals surface area contributed by atoms with E-state index in [1.165, 1.54) is 15.6 Å². The van der Waals surface area contributed by atoms with Gasteiger partial charge in [-0.1, -0.05) is 36.8 Å². The molecule has 8 nitrogen and oxygen atoms in total. The summed E-state index contributed by atoms with van der Waals surface area (Å²) in [4.78, 5) is 39.5. The zero-order chi connectivity index (χ0) is 21.2. The van der Waals surface area contributed by atoms with Crippen molar-refractivity contribution in [1.29, 1.82) is 0 Å².